The summed E-state index contributed by atoms with van der Waals surface area (Å²) in [5, 5.41) is 1.92. The molecule has 1 aliphatic heterocycles. The Hall–Kier alpha value is -2.21. The summed E-state index contributed by atoms with van der Waals surface area (Å²) in [5.41, 5.74) is 1.06. The number of carbonyl (C=O) groups excluding carboxylic acids is 2. The van der Waals surface area contributed by atoms with Gasteiger partial charge in [-0.1, -0.05) is 24.8 Å². The third-order valence-electron chi connectivity index (χ3n) is 2.99. The zero-order valence-corrected chi connectivity index (χ0v) is 13.1. The zero-order valence-electron chi connectivity index (χ0n) is 12.3. The zero-order chi connectivity index (χ0) is 15.9. The summed E-state index contributed by atoms with van der Waals surface area (Å²) >= 11 is 0.935. The van der Waals surface area contributed by atoms with Crippen LogP contribution in [0.4, 0.5) is 4.79 Å². The van der Waals surface area contributed by atoms with Crippen molar-refractivity contribution in [2.24, 2.45) is 0 Å². The molecule has 1 heterocycles. The van der Waals surface area contributed by atoms with Crippen LogP contribution in [0.25, 0.3) is 0 Å². The molecule has 0 spiro atoms. The summed E-state index contributed by atoms with van der Waals surface area (Å²) in [4.78, 5) is 22.9. The molecule has 0 aromatic heterocycles. The predicted molar refractivity (Wildman–Crippen MR) is 86.2 cm³/mol. The van der Waals surface area contributed by atoms with Crippen molar-refractivity contribution in [3.8, 4) is 11.5 Å². The van der Waals surface area contributed by atoms with Gasteiger partial charge in [-0.3, -0.25) is 14.9 Å². The van der Waals surface area contributed by atoms with E-state index in [4.69, 9.17) is 9.47 Å². The number of hydrogen-bond acceptors (Lipinski definition) is 5. The maximum Gasteiger partial charge on any atom is 0.290 e. The van der Waals surface area contributed by atoms with E-state index in [0.29, 0.717) is 29.4 Å². The molecule has 0 unspecified atom stereocenters. The van der Waals surface area contributed by atoms with Crippen LogP contribution in [-0.2, 0) is 11.2 Å². The first-order chi connectivity index (χ1) is 10.6. The van der Waals surface area contributed by atoms with Crippen molar-refractivity contribution in [2.75, 3.05) is 13.7 Å². The van der Waals surface area contributed by atoms with Gasteiger partial charge in [-0.25, -0.2) is 0 Å². The lowest BCUT2D eigenvalue weighted by atomic mass is 10.1. The van der Waals surface area contributed by atoms with Gasteiger partial charge in [0, 0.05) is 0 Å². The predicted octanol–water partition coefficient (Wildman–Crippen LogP) is 3.06. The number of ether oxygens (including phenoxy) is 2. The van der Waals surface area contributed by atoms with Crippen LogP contribution in [-0.4, -0.2) is 24.9 Å². The van der Waals surface area contributed by atoms with E-state index in [-0.39, 0.29) is 11.1 Å². The molecule has 1 aromatic rings. The van der Waals surface area contributed by atoms with Gasteiger partial charge in [0.2, 0.25) is 0 Å². The SMILES string of the molecule is C=CCOc1ccc(CC/C=C2\SC(=O)NC2=O)cc1OC. The van der Waals surface area contributed by atoms with Gasteiger partial charge in [-0.05, 0) is 42.3 Å². The molecular formula is C16H17NO4S. The Bertz CT molecular complexity index is 625. The van der Waals surface area contributed by atoms with E-state index in [0.717, 1.165) is 23.7 Å². The van der Waals surface area contributed by atoms with Crippen LogP contribution in [0.5, 0.6) is 11.5 Å². The molecule has 5 nitrogen and oxygen atoms in total. The van der Waals surface area contributed by atoms with Crippen molar-refractivity contribution in [1.82, 2.24) is 5.32 Å². The van der Waals surface area contributed by atoms with E-state index >= 15 is 0 Å². The summed E-state index contributed by atoms with van der Waals surface area (Å²) in [7, 11) is 1.59. The number of benzene rings is 1. The Morgan fingerprint density at radius 3 is 2.77 bits per heavy atom. The van der Waals surface area contributed by atoms with Crippen LogP contribution in [0.2, 0.25) is 0 Å². The Morgan fingerprint density at radius 2 is 2.14 bits per heavy atom. The highest BCUT2D eigenvalue weighted by Crippen LogP contribution is 2.29. The first-order valence-electron chi connectivity index (χ1n) is 6.78. The number of rotatable bonds is 7. The highest BCUT2D eigenvalue weighted by Gasteiger charge is 2.24. The molecular weight excluding hydrogens is 302 g/mol. The molecule has 2 amide bonds. The van der Waals surface area contributed by atoms with Gasteiger partial charge < -0.3 is 9.47 Å². The number of carbonyl (C=O) groups is 2. The number of imide groups is 1. The molecule has 1 saturated heterocycles. The van der Waals surface area contributed by atoms with Crippen LogP contribution in [0.15, 0.2) is 41.8 Å². The van der Waals surface area contributed by atoms with Crippen LogP contribution >= 0.6 is 11.8 Å². The Labute approximate surface area is 133 Å². The molecule has 22 heavy (non-hydrogen) atoms. The van der Waals surface area contributed by atoms with Crippen molar-refractivity contribution in [2.45, 2.75) is 12.8 Å². The van der Waals surface area contributed by atoms with Gasteiger partial charge in [0.05, 0.1) is 12.0 Å². The van der Waals surface area contributed by atoms with E-state index in [1.54, 1.807) is 19.3 Å². The number of methoxy groups -OCH3 is 1. The molecule has 6 heteroatoms. The fourth-order valence-corrected chi connectivity index (χ4v) is 2.65. The standard InChI is InChI=1S/C16H17NO4S/c1-3-9-21-12-8-7-11(10-13(12)20-2)5-4-6-14-15(18)17-16(19)22-14/h3,6-8,10H,1,4-5,9H2,2H3,(H,17,18,19)/b14-6-. The van der Waals surface area contributed by atoms with E-state index in [1.807, 2.05) is 18.2 Å². The van der Waals surface area contributed by atoms with Gasteiger partial charge >= 0.3 is 0 Å². The average Bonchev–Trinajstić information content (AvgIpc) is 2.83. The van der Waals surface area contributed by atoms with Gasteiger partial charge in [0.15, 0.2) is 11.5 Å². The monoisotopic (exact) mass is 319 g/mol. The first kappa shape index (κ1) is 16.2. The number of allylic oxidation sites excluding steroid dienone is 1. The molecule has 1 fully saturated rings. The van der Waals surface area contributed by atoms with Gasteiger partial charge in [-0.2, -0.15) is 0 Å². The second-order valence-electron chi connectivity index (χ2n) is 4.54. The molecule has 0 atom stereocenters. The number of amides is 2. The van der Waals surface area contributed by atoms with E-state index in [1.165, 1.54) is 0 Å². The van der Waals surface area contributed by atoms with Crippen molar-refractivity contribution < 1.29 is 19.1 Å². The fourth-order valence-electron chi connectivity index (χ4n) is 1.97. The van der Waals surface area contributed by atoms with E-state index < -0.39 is 0 Å². The Balaban J connectivity index is 1.98. The van der Waals surface area contributed by atoms with Crippen molar-refractivity contribution >= 4 is 22.9 Å². The third-order valence-corrected chi connectivity index (χ3v) is 3.85. The Kier molecular flexibility index (Phi) is 5.66. The molecule has 1 aromatic carbocycles. The minimum absolute atomic E-state index is 0.318. The maximum atomic E-state index is 11.4. The van der Waals surface area contributed by atoms with Crippen LogP contribution in [0, 0.1) is 0 Å². The summed E-state index contributed by atoms with van der Waals surface area (Å²) in [6.45, 7) is 4.03. The fraction of sp³-hybridized carbons (Fsp3) is 0.250. The van der Waals surface area contributed by atoms with Gasteiger partial charge in [0.25, 0.3) is 11.1 Å². The number of hydrogen-bond donors (Lipinski definition) is 1. The molecule has 116 valence electrons. The second-order valence-corrected chi connectivity index (χ2v) is 5.55. The molecule has 1 N–H and O–H groups in total. The molecule has 2 rings (SSSR count). The van der Waals surface area contributed by atoms with Crippen molar-refractivity contribution in [3.63, 3.8) is 0 Å². The average molecular weight is 319 g/mol. The summed E-state index contributed by atoms with van der Waals surface area (Å²) in [6.07, 6.45) is 4.85. The van der Waals surface area contributed by atoms with Crippen LogP contribution in [0.3, 0.4) is 0 Å². The quantitative estimate of drug-likeness (QED) is 0.618. The summed E-state index contributed by atoms with van der Waals surface area (Å²) < 4.78 is 10.8. The maximum absolute atomic E-state index is 11.4. The van der Waals surface area contributed by atoms with Crippen molar-refractivity contribution in [3.05, 3.63) is 47.4 Å². The number of nitrogens with one attached hydrogen (secondary N) is 1. The smallest absolute Gasteiger partial charge is 0.290 e. The normalized spacial score (nSPS) is 15.8. The van der Waals surface area contributed by atoms with Crippen LogP contribution in [0.1, 0.15) is 12.0 Å². The van der Waals surface area contributed by atoms with Crippen molar-refractivity contribution in [1.29, 1.82) is 0 Å². The molecule has 0 saturated carbocycles. The highest BCUT2D eigenvalue weighted by molar-refractivity contribution is 8.18. The first-order valence-corrected chi connectivity index (χ1v) is 7.59. The third kappa shape index (κ3) is 4.14. The van der Waals surface area contributed by atoms with Crippen LogP contribution < -0.4 is 14.8 Å². The van der Waals surface area contributed by atoms with Gasteiger partial charge in [-0.15, -0.1) is 0 Å². The van der Waals surface area contributed by atoms with E-state index in [9.17, 15) is 9.59 Å². The summed E-state index contributed by atoms with van der Waals surface area (Å²) in [5.74, 6) is 1.01. The number of thioether (sulfide) groups is 1. The molecule has 1 aliphatic rings. The largest absolute Gasteiger partial charge is 0.493 e. The molecule has 0 aliphatic carbocycles. The minimum Gasteiger partial charge on any atom is -0.493 e. The topological polar surface area (TPSA) is 64.6 Å². The van der Waals surface area contributed by atoms with Gasteiger partial charge in [0.1, 0.15) is 6.61 Å². The highest BCUT2D eigenvalue weighted by atomic mass is 32.2. The summed E-state index contributed by atoms with van der Waals surface area (Å²) in [6, 6.07) is 5.71. The second kappa shape index (κ2) is 7.70. The Morgan fingerprint density at radius 1 is 1.32 bits per heavy atom. The lowest BCUT2D eigenvalue weighted by Gasteiger charge is -2.10. The minimum atomic E-state index is -0.319. The molecule has 0 radical (unpaired) electrons. The number of aryl methyl sites for hydroxylation is 1. The molecule has 0 bridgehead atoms. The lowest BCUT2D eigenvalue weighted by Crippen LogP contribution is -2.17. The lowest BCUT2D eigenvalue weighted by molar-refractivity contribution is -0.115. The van der Waals surface area contributed by atoms with E-state index in [2.05, 4.69) is 11.9 Å².